The molecule has 0 fully saturated rings. The minimum atomic E-state index is -3.85. The number of rotatable bonds is 6. The number of sulfonamides is 1. The monoisotopic (exact) mass is 315 g/mol. The number of carbonyl (C=O) groups is 2. The quantitative estimate of drug-likeness (QED) is 0.782. The van der Waals surface area contributed by atoms with Crippen molar-refractivity contribution in [3.05, 3.63) is 29.3 Å². The Morgan fingerprint density at radius 2 is 1.95 bits per heavy atom. The molecule has 0 aliphatic rings. The summed E-state index contributed by atoms with van der Waals surface area (Å²) >= 11 is 0. The number of hydrogen-bond donors (Lipinski definition) is 1. The lowest BCUT2D eigenvalue weighted by Crippen LogP contribution is -2.29. The van der Waals surface area contributed by atoms with Crippen molar-refractivity contribution in [3.8, 4) is 0 Å². The molecule has 0 unspecified atom stereocenters. The van der Waals surface area contributed by atoms with Gasteiger partial charge in [-0.25, -0.2) is 17.5 Å². The molecular weight excluding hydrogens is 298 g/mol. The van der Waals surface area contributed by atoms with Crippen LogP contribution in [0.4, 0.5) is 0 Å². The Morgan fingerprint density at radius 3 is 2.48 bits per heavy atom. The van der Waals surface area contributed by atoms with Gasteiger partial charge < -0.3 is 9.84 Å². The Bertz CT molecular complexity index is 653. The molecule has 7 nitrogen and oxygen atoms in total. The molecule has 0 spiro atoms. The van der Waals surface area contributed by atoms with E-state index in [2.05, 4.69) is 4.74 Å². The summed E-state index contributed by atoms with van der Waals surface area (Å²) in [6.45, 7) is 1.51. The van der Waals surface area contributed by atoms with Crippen LogP contribution in [0, 0.1) is 6.92 Å². The van der Waals surface area contributed by atoms with E-state index in [-0.39, 0.29) is 23.4 Å². The smallest absolute Gasteiger partial charge is 0.338 e. The number of esters is 1. The lowest BCUT2D eigenvalue weighted by atomic mass is 10.1. The van der Waals surface area contributed by atoms with Gasteiger partial charge in [0.05, 0.1) is 24.0 Å². The van der Waals surface area contributed by atoms with Crippen molar-refractivity contribution in [3.63, 3.8) is 0 Å². The summed E-state index contributed by atoms with van der Waals surface area (Å²) in [7, 11) is -1.36. The molecular formula is C13H17NO6S. The molecule has 0 aromatic heterocycles. The van der Waals surface area contributed by atoms with Crippen molar-refractivity contribution in [2.75, 3.05) is 20.7 Å². The molecule has 21 heavy (non-hydrogen) atoms. The number of nitrogens with zero attached hydrogens (tertiary/aromatic N) is 1. The second kappa shape index (κ2) is 6.68. The van der Waals surface area contributed by atoms with Crippen LogP contribution in [-0.2, 0) is 19.6 Å². The standard InChI is InChI=1S/C13H17NO6S/c1-9-4-5-10(8-11(9)13(17)20-3)21(18,19)14(2)7-6-12(15)16/h4-5,8H,6-7H2,1-3H3,(H,15,16). The first-order valence-corrected chi connectivity index (χ1v) is 7.51. The highest BCUT2D eigenvalue weighted by Gasteiger charge is 2.23. The number of benzene rings is 1. The molecule has 0 heterocycles. The van der Waals surface area contributed by atoms with Gasteiger partial charge in [-0.2, -0.15) is 0 Å². The fraction of sp³-hybridized carbons (Fsp3) is 0.385. The molecule has 0 radical (unpaired) electrons. The molecule has 0 atom stereocenters. The Labute approximate surface area is 123 Å². The summed E-state index contributed by atoms with van der Waals surface area (Å²) in [6, 6.07) is 4.10. The molecule has 1 aromatic carbocycles. The van der Waals surface area contributed by atoms with E-state index in [0.717, 1.165) is 4.31 Å². The van der Waals surface area contributed by atoms with Crippen molar-refractivity contribution < 1.29 is 27.9 Å². The van der Waals surface area contributed by atoms with Crippen LogP contribution < -0.4 is 0 Å². The first-order valence-electron chi connectivity index (χ1n) is 6.07. The van der Waals surface area contributed by atoms with E-state index >= 15 is 0 Å². The number of hydrogen-bond acceptors (Lipinski definition) is 5. The summed E-state index contributed by atoms with van der Waals surface area (Å²) in [4.78, 5) is 22.0. The SMILES string of the molecule is COC(=O)c1cc(S(=O)(=O)N(C)CCC(=O)O)ccc1C. The molecule has 8 heteroatoms. The van der Waals surface area contributed by atoms with Crippen LogP contribution in [0.2, 0.25) is 0 Å². The fourth-order valence-corrected chi connectivity index (χ4v) is 2.84. The van der Waals surface area contributed by atoms with Gasteiger partial charge in [0.25, 0.3) is 0 Å². The van der Waals surface area contributed by atoms with Gasteiger partial charge >= 0.3 is 11.9 Å². The predicted molar refractivity (Wildman–Crippen MR) is 74.6 cm³/mol. The molecule has 0 aliphatic carbocycles. The molecule has 0 amide bonds. The zero-order chi connectivity index (χ0) is 16.2. The average molecular weight is 315 g/mol. The first-order chi connectivity index (χ1) is 9.70. The molecule has 0 bridgehead atoms. The van der Waals surface area contributed by atoms with Crippen LogP contribution in [-0.4, -0.2) is 50.5 Å². The van der Waals surface area contributed by atoms with Gasteiger partial charge in [0.15, 0.2) is 0 Å². The van der Waals surface area contributed by atoms with Gasteiger partial charge in [0, 0.05) is 13.6 Å². The third kappa shape index (κ3) is 4.02. The number of carboxylic acids is 1. The lowest BCUT2D eigenvalue weighted by Gasteiger charge is -2.17. The Balaban J connectivity index is 3.14. The first kappa shape index (κ1) is 17.1. The van der Waals surface area contributed by atoms with Crippen LogP contribution >= 0.6 is 0 Å². The van der Waals surface area contributed by atoms with Crippen molar-refractivity contribution in [1.82, 2.24) is 4.31 Å². The summed E-state index contributed by atoms with van der Waals surface area (Å²) in [5.41, 5.74) is 0.749. The van der Waals surface area contributed by atoms with E-state index < -0.39 is 22.0 Å². The Kier molecular flexibility index (Phi) is 5.45. The second-order valence-electron chi connectivity index (χ2n) is 4.44. The van der Waals surface area contributed by atoms with Gasteiger partial charge in [0.1, 0.15) is 0 Å². The number of carbonyl (C=O) groups excluding carboxylic acids is 1. The van der Waals surface area contributed by atoms with Gasteiger partial charge in [-0.15, -0.1) is 0 Å². The molecule has 1 N–H and O–H groups in total. The number of carboxylic acid groups (broad SMARTS) is 1. The molecule has 0 saturated carbocycles. The molecule has 1 rings (SSSR count). The van der Waals surface area contributed by atoms with Gasteiger partial charge in [-0.05, 0) is 24.6 Å². The van der Waals surface area contributed by atoms with Crippen molar-refractivity contribution >= 4 is 22.0 Å². The van der Waals surface area contributed by atoms with Crippen molar-refractivity contribution in [2.45, 2.75) is 18.2 Å². The highest BCUT2D eigenvalue weighted by atomic mass is 32.2. The summed E-state index contributed by atoms with van der Waals surface area (Å²) in [6.07, 6.45) is -0.300. The third-order valence-corrected chi connectivity index (χ3v) is 4.82. The van der Waals surface area contributed by atoms with Gasteiger partial charge in [-0.3, -0.25) is 4.79 Å². The topological polar surface area (TPSA) is 101 Å². The van der Waals surface area contributed by atoms with E-state index in [1.807, 2.05) is 0 Å². The maximum Gasteiger partial charge on any atom is 0.338 e. The lowest BCUT2D eigenvalue weighted by molar-refractivity contribution is -0.137. The molecule has 1 aromatic rings. The molecule has 0 aliphatic heterocycles. The number of methoxy groups -OCH3 is 1. The third-order valence-electron chi connectivity index (χ3n) is 2.96. The highest BCUT2D eigenvalue weighted by molar-refractivity contribution is 7.89. The maximum atomic E-state index is 12.3. The fourth-order valence-electron chi connectivity index (χ4n) is 1.64. The Hall–Kier alpha value is -1.93. The molecule has 116 valence electrons. The zero-order valence-electron chi connectivity index (χ0n) is 12.0. The number of aryl methyl sites for hydroxylation is 1. The van der Waals surface area contributed by atoms with Crippen LogP contribution in [0.5, 0.6) is 0 Å². The normalized spacial score (nSPS) is 11.4. The minimum Gasteiger partial charge on any atom is -0.481 e. The zero-order valence-corrected chi connectivity index (χ0v) is 12.8. The van der Waals surface area contributed by atoms with Crippen molar-refractivity contribution in [2.24, 2.45) is 0 Å². The molecule has 0 saturated heterocycles. The van der Waals surface area contributed by atoms with E-state index in [1.54, 1.807) is 6.92 Å². The van der Waals surface area contributed by atoms with Crippen LogP contribution in [0.3, 0.4) is 0 Å². The van der Waals surface area contributed by atoms with Crippen LogP contribution in [0.15, 0.2) is 23.1 Å². The summed E-state index contributed by atoms with van der Waals surface area (Å²) in [5, 5.41) is 8.60. The van der Waals surface area contributed by atoms with Crippen LogP contribution in [0.25, 0.3) is 0 Å². The van der Waals surface area contributed by atoms with Gasteiger partial charge in [-0.1, -0.05) is 6.07 Å². The highest BCUT2D eigenvalue weighted by Crippen LogP contribution is 2.19. The van der Waals surface area contributed by atoms with Crippen molar-refractivity contribution in [1.29, 1.82) is 0 Å². The largest absolute Gasteiger partial charge is 0.481 e. The second-order valence-corrected chi connectivity index (χ2v) is 6.48. The van der Waals surface area contributed by atoms with E-state index in [1.165, 1.54) is 32.4 Å². The maximum absolute atomic E-state index is 12.3. The number of aliphatic carboxylic acids is 1. The number of ether oxygens (including phenoxy) is 1. The van der Waals surface area contributed by atoms with E-state index in [4.69, 9.17) is 5.11 Å². The van der Waals surface area contributed by atoms with E-state index in [0.29, 0.717) is 5.56 Å². The predicted octanol–water partition coefficient (Wildman–Crippen LogP) is 0.877. The summed E-state index contributed by atoms with van der Waals surface area (Å²) < 4.78 is 30.1. The summed E-state index contributed by atoms with van der Waals surface area (Å²) in [5.74, 6) is -1.71. The van der Waals surface area contributed by atoms with E-state index in [9.17, 15) is 18.0 Å². The van der Waals surface area contributed by atoms with Gasteiger partial charge in [0.2, 0.25) is 10.0 Å². The minimum absolute atomic E-state index is 0.0820. The average Bonchev–Trinajstić information content (AvgIpc) is 2.43. The van der Waals surface area contributed by atoms with Crippen LogP contribution in [0.1, 0.15) is 22.3 Å². The Morgan fingerprint density at radius 1 is 1.33 bits per heavy atom.